The van der Waals surface area contributed by atoms with Crippen molar-refractivity contribution >= 4 is 11.3 Å². The van der Waals surface area contributed by atoms with Gasteiger partial charge in [-0.3, -0.25) is 0 Å². The summed E-state index contributed by atoms with van der Waals surface area (Å²) in [6, 6.07) is 0. The number of hydrogen-bond donors (Lipinski definition) is 1. The summed E-state index contributed by atoms with van der Waals surface area (Å²) in [5.74, 6) is 0.951. The topological polar surface area (TPSA) is 42.4 Å². The van der Waals surface area contributed by atoms with Crippen molar-refractivity contribution in [2.45, 2.75) is 38.5 Å². The molecule has 1 atom stereocenters. The second kappa shape index (κ2) is 6.47. The number of aromatic nitrogens is 1. The standard InChI is InChI=1S/C13H21NO2S/c1-2-10(8-15)7-13-14-12(9-17-13)11-3-5-16-6-4-11/h9-11,15H,2-8H2,1H3. The number of thiazole rings is 1. The van der Waals surface area contributed by atoms with Crippen LogP contribution in [0.15, 0.2) is 5.38 Å². The van der Waals surface area contributed by atoms with Gasteiger partial charge in [-0.2, -0.15) is 0 Å². The third kappa shape index (κ3) is 3.50. The SMILES string of the molecule is CCC(CO)Cc1nc(C2CCOCC2)cs1. The van der Waals surface area contributed by atoms with Gasteiger partial charge in [0.1, 0.15) is 0 Å². The molecule has 4 heteroatoms. The average molecular weight is 255 g/mol. The molecule has 1 aromatic heterocycles. The van der Waals surface area contributed by atoms with E-state index >= 15 is 0 Å². The van der Waals surface area contributed by atoms with E-state index in [4.69, 9.17) is 9.72 Å². The number of aliphatic hydroxyl groups is 1. The van der Waals surface area contributed by atoms with Gasteiger partial charge in [-0.15, -0.1) is 11.3 Å². The molecule has 0 aliphatic carbocycles. The van der Waals surface area contributed by atoms with E-state index in [1.54, 1.807) is 11.3 Å². The molecule has 2 rings (SSSR count). The first kappa shape index (κ1) is 13.0. The number of rotatable bonds is 5. The van der Waals surface area contributed by atoms with E-state index in [-0.39, 0.29) is 6.61 Å². The van der Waals surface area contributed by atoms with E-state index in [2.05, 4.69) is 12.3 Å². The Hall–Kier alpha value is -0.450. The van der Waals surface area contributed by atoms with Crippen LogP contribution in [-0.2, 0) is 11.2 Å². The lowest BCUT2D eigenvalue weighted by molar-refractivity contribution is 0.0846. The lowest BCUT2D eigenvalue weighted by Gasteiger charge is -2.20. The molecule has 1 N–H and O–H groups in total. The molecule has 0 saturated carbocycles. The highest BCUT2D eigenvalue weighted by atomic mass is 32.1. The van der Waals surface area contributed by atoms with Crippen molar-refractivity contribution in [1.82, 2.24) is 4.98 Å². The van der Waals surface area contributed by atoms with Crippen LogP contribution in [0.1, 0.15) is 42.8 Å². The van der Waals surface area contributed by atoms with Crippen LogP contribution in [-0.4, -0.2) is 29.9 Å². The van der Waals surface area contributed by atoms with Crippen molar-refractivity contribution < 1.29 is 9.84 Å². The summed E-state index contributed by atoms with van der Waals surface area (Å²) < 4.78 is 5.37. The minimum Gasteiger partial charge on any atom is -0.396 e. The van der Waals surface area contributed by atoms with Crippen LogP contribution in [0.2, 0.25) is 0 Å². The quantitative estimate of drug-likeness (QED) is 0.879. The van der Waals surface area contributed by atoms with E-state index < -0.39 is 0 Å². The van der Waals surface area contributed by atoms with Crippen molar-refractivity contribution in [3.8, 4) is 0 Å². The molecule has 0 bridgehead atoms. The highest BCUT2D eigenvalue weighted by Gasteiger charge is 2.19. The van der Waals surface area contributed by atoms with Crippen LogP contribution in [0.25, 0.3) is 0 Å². The highest BCUT2D eigenvalue weighted by Crippen LogP contribution is 2.28. The summed E-state index contributed by atoms with van der Waals surface area (Å²) in [6.07, 6.45) is 4.13. The fourth-order valence-electron chi connectivity index (χ4n) is 2.18. The minimum absolute atomic E-state index is 0.267. The maximum atomic E-state index is 9.20. The number of hydrogen-bond acceptors (Lipinski definition) is 4. The Kier molecular flexibility index (Phi) is 4.95. The first-order chi connectivity index (χ1) is 8.33. The predicted octanol–water partition coefficient (Wildman–Crippen LogP) is 2.60. The third-order valence-corrected chi connectivity index (χ3v) is 4.40. The molecule has 1 fully saturated rings. The highest BCUT2D eigenvalue weighted by molar-refractivity contribution is 7.09. The Labute approximate surface area is 107 Å². The van der Waals surface area contributed by atoms with Crippen molar-refractivity contribution in [1.29, 1.82) is 0 Å². The summed E-state index contributed by atoms with van der Waals surface area (Å²) in [6.45, 7) is 4.12. The van der Waals surface area contributed by atoms with Crippen molar-refractivity contribution in [2.75, 3.05) is 19.8 Å². The Morgan fingerprint density at radius 3 is 2.94 bits per heavy atom. The number of ether oxygens (including phenoxy) is 1. The maximum absolute atomic E-state index is 9.20. The van der Waals surface area contributed by atoms with Gasteiger partial charge in [0.2, 0.25) is 0 Å². The molecule has 3 nitrogen and oxygen atoms in total. The van der Waals surface area contributed by atoms with Crippen molar-refractivity contribution in [3.05, 3.63) is 16.1 Å². The summed E-state index contributed by atoms with van der Waals surface area (Å²) in [5.41, 5.74) is 1.24. The maximum Gasteiger partial charge on any atom is 0.0932 e. The molecule has 0 aromatic carbocycles. The normalized spacial score (nSPS) is 19.4. The van der Waals surface area contributed by atoms with Gasteiger partial charge in [-0.25, -0.2) is 4.98 Å². The second-order valence-electron chi connectivity index (χ2n) is 4.71. The minimum atomic E-state index is 0.267. The first-order valence-corrected chi connectivity index (χ1v) is 7.34. The summed E-state index contributed by atoms with van der Waals surface area (Å²) in [5, 5.41) is 12.6. The third-order valence-electron chi connectivity index (χ3n) is 3.51. The van der Waals surface area contributed by atoms with E-state index in [1.165, 1.54) is 10.7 Å². The molecule has 0 radical (unpaired) electrons. The Balaban J connectivity index is 1.94. The van der Waals surface area contributed by atoms with E-state index in [0.29, 0.717) is 11.8 Å². The average Bonchev–Trinajstić information content (AvgIpc) is 2.85. The second-order valence-corrected chi connectivity index (χ2v) is 5.66. The summed E-state index contributed by atoms with van der Waals surface area (Å²) in [7, 11) is 0. The van der Waals surface area contributed by atoms with E-state index in [0.717, 1.165) is 38.9 Å². The molecule has 1 aliphatic heterocycles. The lowest BCUT2D eigenvalue weighted by Crippen LogP contribution is -2.14. The molecule has 2 heterocycles. The van der Waals surface area contributed by atoms with Crippen LogP contribution in [0.5, 0.6) is 0 Å². The summed E-state index contributed by atoms with van der Waals surface area (Å²) >= 11 is 1.74. The molecular weight excluding hydrogens is 234 g/mol. The van der Waals surface area contributed by atoms with Crippen LogP contribution < -0.4 is 0 Å². The molecule has 1 aliphatic rings. The van der Waals surface area contributed by atoms with Gasteiger partial charge in [-0.1, -0.05) is 13.3 Å². The van der Waals surface area contributed by atoms with Crippen molar-refractivity contribution in [2.24, 2.45) is 5.92 Å². The van der Waals surface area contributed by atoms with Gasteiger partial charge in [0.25, 0.3) is 0 Å². The summed E-state index contributed by atoms with van der Waals surface area (Å²) in [4.78, 5) is 4.72. The zero-order valence-electron chi connectivity index (χ0n) is 10.4. The van der Waals surface area contributed by atoms with Crippen LogP contribution >= 0.6 is 11.3 Å². The van der Waals surface area contributed by atoms with Gasteiger partial charge in [0.15, 0.2) is 0 Å². The van der Waals surface area contributed by atoms with Gasteiger partial charge in [-0.05, 0) is 18.8 Å². The lowest BCUT2D eigenvalue weighted by atomic mass is 9.97. The fraction of sp³-hybridized carbons (Fsp3) is 0.769. The van der Waals surface area contributed by atoms with E-state index in [1.807, 2.05) is 0 Å². The molecule has 0 amide bonds. The number of aliphatic hydroxyl groups excluding tert-OH is 1. The number of nitrogens with zero attached hydrogens (tertiary/aromatic N) is 1. The first-order valence-electron chi connectivity index (χ1n) is 6.46. The van der Waals surface area contributed by atoms with Gasteiger partial charge >= 0.3 is 0 Å². The molecule has 1 saturated heterocycles. The van der Waals surface area contributed by atoms with Crippen LogP contribution in [0, 0.1) is 5.92 Å². The zero-order chi connectivity index (χ0) is 12.1. The molecule has 1 unspecified atom stereocenters. The largest absolute Gasteiger partial charge is 0.396 e. The van der Waals surface area contributed by atoms with E-state index in [9.17, 15) is 5.11 Å². The molecule has 0 spiro atoms. The molecular formula is C13H21NO2S. The van der Waals surface area contributed by atoms with Crippen LogP contribution in [0.4, 0.5) is 0 Å². The predicted molar refractivity (Wildman–Crippen MR) is 69.5 cm³/mol. The van der Waals surface area contributed by atoms with Crippen LogP contribution in [0.3, 0.4) is 0 Å². The van der Waals surface area contributed by atoms with Crippen molar-refractivity contribution in [3.63, 3.8) is 0 Å². The zero-order valence-corrected chi connectivity index (χ0v) is 11.2. The van der Waals surface area contributed by atoms with Gasteiger partial charge < -0.3 is 9.84 Å². The smallest absolute Gasteiger partial charge is 0.0932 e. The fourth-order valence-corrected chi connectivity index (χ4v) is 3.18. The van der Waals surface area contributed by atoms with Gasteiger partial charge in [0.05, 0.1) is 10.7 Å². The molecule has 96 valence electrons. The molecule has 1 aromatic rings. The Morgan fingerprint density at radius 1 is 1.53 bits per heavy atom. The van der Waals surface area contributed by atoms with Gasteiger partial charge in [0, 0.05) is 37.5 Å². The molecule has 17 heavy (non-hydrogen) atoms. The Morgan fingerprint density at radius 2 is 2.29 bits per heavy atom. The Bertz CT molecular complexity index is 330. The monoisotopic (exact) mass is 255 g/mol.